The molecule has 1 aliphatic heterocycles. The molecule has 13 heteroatoms. The molecule has 0 amide bonds. The molecule has 3 heterocycles. The lowest BCUT2D eigenvalue weighted by atomic mass is 10.0. The van der Waals surface area contributed by atoms with Gasteiger partial charge < -0.3 is 5.73 Å². The molecular formula is C23H15N7O4S2. The van der Waals surface area contributed by atoms with Crippen molar-refractivity contribution in [2.45, 2.75) is 0 Å². The molecule has 0 saturated carbocycles. The van der Waals surface area contributed by atoms with Crippen LogP contribution in [0.5, 0.6) is 0 Å². The number of anilines is 2. The van der Waals surface area contributed by atoms with Crippen LogP contribution in [0.15, 0.2) is 64.3 Å². The highest BCUT2D eigenvalue weighted by molar-refractivity contribution is 7.15. The number of amidine groups is 1. The van der Waals surface area contributed by atoms with Crippen LogP contribution in [0.4, 0.5) is 22.1 Å². The van der Waals surface area contributed by atoms with Gasteiger partial charge in [-0.3, -0.25) is 30.7 Å². The molecule has 0 radical (unpaired) electrons. The molecule has 178 valence electrons. The molecule has 11 nitrogen and oxygen atoms in total. The molecule has 0 saturated heterocycles. The molecular weight excluding hydrogens is 502 g/mol. The van der Waals surface area contributed by atoms with E-state index in [0.717, 1.165) is 16.1 Å². The summed E-state index contributed by atoms with van der Waals surface area (Å²) in [6.45, 7) is 0.219. The van der Waals surface area contributed by atoms with Crippen LogP contribution in [0, 0.1) is 31.6 Å². The van der Waals surface area contributed by atoms with E-state index in [9.17, 15) is 25.5 Å². The number of aliphatic imine (C=N–C) groups is 1. The number of nitro groups is 2. The minimum absolute atomic E-state index is 0.00249. The average molecular weight is 518 g/mol. The highest BCUT2D eigenvalue weighted by atomic mass is 32.1. The highest BCUT2D eigenvalue weighted by Crippen LogP contribution is 2.42. The van der Waals surface area contributed by atoms with Crippen molar-refractivity contribution in [3.8, 4) is 28.3 Å². The van der Waals surface area contributed by atoms with E-state index in [1.807, 2.05) is 15.8 Å². The number of fused-ring (bicyclic) bond motifs is 1. The van der Waals surface area contributed by atoms with Crippen LogP contribution in [0.2, 0.25) is 0 Å². The third-order valence-electron chi connectivity index (χ3n) is 5.56. The van der Waals surface area contributed by atoms with Crippen molar-refractivity contribution in [1.29, 1.82) is 5.26 Å². The molecule has 0 unspecified atom stereocenters. The van der Waals surface area contributed by atoms with Gasteiger partial charge in [0, 0.05) is 46.2 Å². The number of nitrogens with zero attached hydrogens (tertiary/aromatic N) is 5. The topological polar surface area (TPSA) is 164 Å². The van der Waals surface area contributed by atoms with Crippen LogP contribution in [-0.2, 0) is 0 Å². The lowest BCUT2D eigenvalue weighted by Gasteiger charge is -2.28. The smallest absolute Gasteiger partial charge is 0.269 e. The molecule has 3 N–H and O–H groups in total. The minimum Gasteiger partial charge on any atom is -0.383 e. The van der Waals surface area contributed by atoms with Crippen LogP contribution >= 0.6 is 22.7 Å². The summed E-state index contributed by atoms with van der Waals surface area (Å²) in [7, 11) is 0. The zero-order valence-corrected chi connectivity index (χ0v) is 19.9. The van der Waals surface area contributed by atoms with Gasteiger partial charge in [-0.2, -0.15) is 5.26 Å². The number of nitriles is 1. The Morgan fingerprint density at radius 3 is 2.14 bits per heavy atom. The largest absolute Gasteiger partial charge is 0.383 e. The Bertz CT molecular complexity index is 1570. The summed E-state index contributed by atoms with van der Waals surface area (Å²) in [5.74, 6) is 0.358. The van der Waals surface area contributed by atoms with Crippen molar-refractivity contribution in [1.82, 2.24) is 0 Å². The number of thiophene rings is 2. The first-order chi connectivity index (χ1) is 17.4. The first kappa shape index (κ1) is 23.0. The van der Waals surface area contributed by atoms with Gasteiger partial charge in [-0.1, -0.05) is 0 Å². The van der Waals surface area contributed by atoms with Crippen molar-refractivity contribution >= 4 is 50.6 Å². The number of hydrogen-bond donors (Lipinski definition) is 2. The summed E-state index contributed by atoms with van der Waals surface area (Å²) in [5.41, 5.74) is 13.8. The van der Waals surface area contributed by atoms with Gasteiger partial charge in [-0.15, -0.1) is 22.7 Å². The number of benzene rings is 2. The monoisotopic (exact) mass is 517 g/mol. The maximum Gasteiger partial charge on any atom is 0.269 e. The molecule has 5 rings (SSSR count). The SMILES string of the molecule is N#Cc1scc(NN2CN=C(N)c3c(-c4ccc([N+](=O)[O-])cc4)csc32)c1-c1ccc([N+](=O)[O-])cc1. The van der Waals surface area contributed by atoms with Gasteiger partial charge in [0.2, 0.25) is 0 Å². The number of hydrazine groups is 1. The fourth-order valence-corrected chi connectivity index (χ4v) is 5.70. The van der Waals surface area contributed by atoms with E-state index in [2.05, 4.69) is 16.5 Å². The van der Waals surface area contributed by atoms with E-state index in [4.69, 9.17) is 5.73 Å². The Labute approximate surface area is 211 Å². The Kier molecular flexibility index (Phi) is 5.80. The predicted molar refractivity (Wildman–Crippen MR) is 139 cm³/mol. The lowest BCUT2D eigenvalue weighted by molar-refractivity contribution is -0.385. The van der Waals surface area contributed by atoms with E-state index in [0.29, 0.717) is 33.1 Å². The number of hydrogen-bond acceptors (Lipinski definition) is 11. The van der Waals surface area contributed by atoms with Crippen molar-refractivity contribution in [3.05, 3.63) is 90.0 Å². The summed E-state index contributed by atoms with van der Waals surface area (Å²) >= 11 is 2.70. The second-order valence-corrected chi connectivity index (χ2v) is 9.37. The average Bonchev–Trinajstić information content (AvgIpc) is 3.51. The maximum atomic E-state index is 11.0. The summed E-state index contributed by atoms with van der Waals surface area (Å²) in [4.78, 5) is 26.0. The van der Waals surface area contributed by atoms with Gasteiger partial charge in [-0.25, -0.2) is 4.99 Å². The van der Waals surface area contributed by atoms with Crippen molar-refractivity contribution in [3.63, 3.8) is 0 Å². The normalized spacial score (nSPS) is 12.4. The van der Waals surface area contributed by atoms with Crippen LogP contribution in [-0.4, -0.2) is 22.4 Å². The zero-order chi connectivity index (χ0) is 25.4. The Morgan fingerprint density at radius 2 is 1.56 bits per heavy atom. The zero-order valence-electron chi connectivity index (χ0n) is 18.2. The van der Waals surface area contributed by atoms with Crippen LogP contribution in [0.3, 0.4) is 0 Å². The Balaban J connectivity index is 1.50. The third-order valence-corrected chi connectivity index (χ3v) is 7.45. The molecule has 2 aromatic carbocycles. The van der Waals surface area contributed by atoms with Gasteiger partial charge in [0.25, 0.3) is 11.4 Å². The first-order valence-corrected chi connectivity index (χ1v) is 12.1. The number of nitrogens with two attached hydrogens (primary N) is 1. The molecule has 1 aliphatic rings. The molecule has 4 aromatic rings. The molecule has 0 atom stereocenters. The molecule has 0 aliphatic carbocycles. The van der Waals surface area contributed by atoms with Gasteiger partial charge in [-0.05, 0) is 35.4 Å². The first-order valence-electron chi connectivity index (χ1n) is 10.3. The third kappa shape index (κ3) is 4.00. The van der Waals surface area contributed by atoms with E-state index in [-0.39, 0.29) is 18.0 Å². The standard InChI is InChI=1S/C23H15N7O4S2/c24-9-19-20(14-3-7-16(8-4-14)30(33)34)18(11-35-19)27-28-12-26-22(25)21-17(10-36-23(21)28)13-1-5-15(6-2-13)29(31)32/h1-8,10-11,27H,12H2,(H2,25,26). The second kappa shape index (κ2) is 9.10. The van der Waals surface area contributed by atoms with Crippen LogP contribution in [0.1, 0.15) is 10.4 Å². The summed E-state index contributed by atoms with van der Waals surface area (Å²) < 4.78 is 0. The fraction of sp³-hybridized carbons (Fsp3) is 0.0435. The highest BCUT2D eigenvalue weighted by Gasteiger charge is 2.26. The van der Waals surface area contributed by atoms with Gasteiger partial charge >= 0.3 is 0 Å². The summed E-state index contributed by atoms with van der Waals surface area (Å²) in [6, 6.07) is 14.4. The van der Waals surface area contributed by atoms with Crippen LogP contribution < -0.4 is 16.2 Å². The number of non-ortho nitro benzene ring substituents is 2. The Hall–Kier alpha value is -4.80. The summed E-state index contributed by atoms with van der Waals surface area (Å²) in [6.07, 6.45) is 0. The number of nitrogens with one attached hydrogen (secondary N) is 1. The van der Waals surface area contributed by atoms with Crippen molar-refractivity contribution in [2.75, 3.05) is 17.1 Å². The van der Waals surface area contributed by atoms with Crippen molar-refractivity contribution < 1.29 is 9.85 Å². The second-order valence-electron chi connectivity index (χ2n) is 7.63. The summed E-state index contributed by atoms with van der Waals surface area (Å²) in [5, 5.41) is 38.0. The van der Waals surface area contributed by atoms with E-state index in [1.165, 1.54) is 46.9 Å². The minimum atomic E-state index is -0.473. The van der Waals surface area contributed by atoms with Gasteiger partial charge in [0.05, 0.1) is 21.1 Å². The maximum absolute atomic E-state index is 11.0. The predicted octanol–water partition coefficient (Wildman–Crippen LogP) is 5.34. The van der Waals surface area contributed by atoms with E-state index in [1.54, 1.807) is 24.3 Å². The molecule has 0 fully saturated rings. The molecule has 0 spiro atoms. The Morgan fingerprint density at radius 1 is 0.944 bits per heavy atom. The quantitative estimate of drug-likeness (QED) is 0.255. The molecule has 0 bridgehead atoms. The van der Waals surface area contributed by atoms with Crippen molar-refractivity contribution in [2.24, 2.45) is 10.7 Å². The number of nitro benzene ring substituents is 2. The number of rotatable bonds is 6. The molecule has 2 aromatic heterocycles. The van der Waals surface area contributed by atoms with Gasteiger partial charge in [0.15, 0.2) is 0 Å². The van der Waals surface area contributed by atoms with E-state index < -0.39 is 9.85 Å². The molecule has 36 heavy (non-hydrogen) atoms. The lowest BCUT2D eigenvalue weighted by Crippen LogP contribution is -2.36. The van der Waals surface area contributed by atoms with Crippen LogP contribution in [0.25, 0.3) is 22.3 Å². The fourth-order valence-electron chi connectivity index (χ4n) is 3.85. The van der Waals surface area contributed by atoms with E-state index >= 15 is 0 Å². The van der Waals surface area contributed by atoms with Gasteiger partial charge in [0.1, 0.15) is 28.5 Å².